The highest BCUT2D eigenvalue weighted by Gasteiger charge is 2.13. The fourth-order valence-corrected chi connectivity index (χ4v) is 2.63. The van der Waals surface area contributed by atoms with Crippen LogP contribution in [0.3, 0.4) is 0 Å². The molecule has 0 bridgehead atoms. The molecule has 21 heavy (non-hydrogen) atoms. The van der Waals surface area contributed by atoms with E-state index in [1.165, 1.54) is 12.1 Å². The van der Waals surface area contributed by atoms with Crippen LogP contribution in [0.4, 0.5) is 8.78 Å². The molecule has 0 saturated heterocycles. The molecule has 0 amide bonds. The van der Waals surface area contributed by atoms with Crippen molar-refractivity contribution in [2.75, 3.05) is 0 Å². The van der Waals surface area contributed by atoms with Crippen molar-refractivity contribution >= 4 is 15.9 Å². The average molecular weight is 348 g/mol. The summed E-state index contributed by atoms with van der Waals surface area (Å²) in [6.45, 7) is 1.89. The molecular weight excluding hydrogens is 336 g/mol. The zero-order valence-corrected chi connectivity index (χ0v) is 12.9. The van der Waals surface area contributed by atoms with Gasteiger partial charge in [0.05, 0.1) is 11.4 Å². The molecule has 0 atom stereocenters. The second-order valence-corrected chi connectivity index (χ2v) is 5.71. The predicted octanol–water partition coefficient (Wildman–Crippen LogP) is 5.49. The van der Waals surface area contributed by atoms with Gasteiger partial charge in [-0.1, -0.05) is 28.1 Å². The largest absolute Gasteiger partial charge is 0.311 e. The van der Waals surface area contributed by atoms with Crippen molar-refractivity contribution in [2.24, 2.45) is 0 Å². The molecule has 3 aromatic rings. The lowest BCUT2D eigenvalue weighted by atomic mass is 10.1. The Morgan fingerprint density at radius 3 is 2.29 bits per heavy atom. The molecule has 1 nitrogen and oxygen atoms in total. The number of nitrogens with zero attached hydrogens (tertiary/aromatic N) is 1. The quantitative estimate of drug-likeness (QED) is 0.577. The van der Waals surface area contributed by atoms with Crippen LogP contribution in [0.15, 0.2) is 59.1 Å². The lowest BCUT2D eigenvalue weighted by Gasteiger charge is -2.13. The Morgan fingerprint density at radius 1 is 0.905 bits per heavy atom. The summed E-state index contributed by atoms with van der Waals surface area (Å²) in [7, 11) is 0. The summed E-state index contributed by atoms with van der Waals surface area (Å²) >= 11 is 3.40. The maximum Gasteiger partial charge on any atom is 0.150 e. The molecule has 2 aromatic carbocycles. The molecule has 0 fully saturated rings. The van der Waals surface area contributed by atoms with Crippen LogP contribution in [0.1, 0.15) is 5.69 Å². The highest BCUT2D eigenvalue weighted by Crippen LogP contribution is 2.28. The summed E-state index contributed by atoms with van der Waals surface area (Å²) in [6.07, 6.45) is 0. The van der Waals surface area contributed by atoms with E-state index in [2.05, 4.69) is 15.9 Å². The fourth-order valence-electron chi connectivity index (χ4n) is 2.37. The second-order valence-electron chi connectivity index (χ2n) is 4.80. The zero-order chi connectivity index (χ0) is 15.0. The minimum atomic E-state index is -0.578. The van der Waals surface area contributed by atoms with Gasteiger partial charge in [-0.15, -0.1) is 0 Å². The van der Waals surface area contributed by atoms with E-state index < -0.39 is 11.6 Å². The molecule has 0 unspecified atom stereocenters. The van der Waals surface area contributed by atoms with Gasteiger partial charge >= 0.3 is 0 Å². The van der Waals surface area contributed by atoms with Crippen LogP contribution in [-0.2, 0) is 0 Å². The maximum atomic E-state index is 14.1. The first-order valence-corrected chi connectivity index (χ1v) is 7.25. The number of hydrogen-bond acceptors (Lipinski definition) is 0. The van der Waals surface area contributed by atoms with E-state index in [-0.39, 0.29) is 0 Å². The highest BCUT2D eigenvalue weighted by molar-refractivity contribution is 9.10. The maximum absolute atomic E-state index is 14.1. The number of hydrogen-bond donors (Lipinski definition) is 0. The van der Waals surface area contributed by atoms with E-state index in [9.17, 15) is 8.78 Å². The Balaban J connectivity index is 2.19. The third kappa shape index (κ3) is 2.63. The van der Waals surface area contributed by atoms with Crippen molar-refractivity contribution in [3.8, 4) is 16.9 Å². The van der Waals surface area contributed by atoms with Crippen molar-refractivity contribution in [2.45, 2.75) is 6.92 Å². The van der Waals surface area contributed by atoms with Gasteiger partial charge in [0, 0.05) is 16.2 Å². The molecule has 0 aliphatic heterocycles. The smallest absolute Gasteiger partial charge is 0.150 e. The van der Waals surface area contributed by atoms with E-state index >= 15 is 0 Å². The van der Waals surface area contributed by atoms with Crippen LogP contribution >= 0.6 is 15.9 Å². The van der Waals surface area contributed by atoms with Crippen LogP contribution in [0.25, 0.3) is 16.9 Å². The van der Waals surface area contributed by atoms with Gasteiger partial charge in [-0.05, 0) is 48.9 Å². The van der Waals surface area contributed by atoms with Crippen LogP contribution in [0.5, 0.6) is 0 Å². The minimum Gasteiger partial charge on any atom is -0.311 e. The van der Waals surface area contributed by atoms with Gasteiger partial charge in [-0.3, -0.25) is 0 Å². The van der Waals surface area contributed by atoms with Crippen molar-refractivity contribution < 1.29 is 8.78 Å². The monoisotopic (exact) mass is 347 g/mol. The molecule has 1 heterocycles. The molecule has 4 heteroatoms. The topological polar surface area (TPSA) is 4.93 Å². The molecule has 0 N–H and O–H groups in total. The molecule has 0 aliphatic carbocycles. The lowest BCUT2D eigenvalue weighted by molar-refractivity contribution is 0.577. The Bertz CT molecular complexity index is 791. The van der Waals surface area contributed by atoms with E-state index in [4.69, 9.17) is 0 Å². The Hall–Kier alpha value is -1.94. The third-order valence-electron chi connectivity index (χ3n) is 3.37. The molecule has 0 saturated carbocycles. The average Bonchev–Trinajstić information content (AvgIpc) is 2.82. The van der Waals surface area contributed by atoms with Crippen molar-refractivity contribution in [3.63, 3.8) is 0 Å². The van der Waals surface area contributed by atoms with Gasteiger partial charge in [-0.2, -0.15) is 0 Å². The van der Waals surface area contributed by atoms with E-state index in [0.717, 1.165) is 27.5 Å². The van der Waals surface area contributed by atoms with Gasteiger partial charge in [0.1, 0.15) is 11.6 Å². The number of rotatable bonds is 2. The molecule has 0 spiro atoms. The standard InChI is InChI=1S/C17H12BrF2N/c1-11-2-8-16(12-3-5-13(18)6-4-12)21(11)17-9-7-14(19)10-15(17)20/h2-10H,1H3. The predicted molar refractivity (Wildman–Crippen MR) is 83.6 cm³/mol. The molecule has 0 aliphatic rings. The summed E-state index contributed by atoms with van der Waals surface area (Å²) in [5, 5.41) is 0. The molecular formula is C17H12BrF2N. The van der Waals surface area contributed by atoms with Gasteiger partial charge in [0.15, 0.2) is 0 Å². The van der Waals surface area contributed by atoms with E-state index in [1.54, 1.807) is 4.57 Å². The molecule has 3 rings (SSSR count). The van der Waals surface area contributed by atoms with Crippen LogP contribution < -0.4 is 0 Å². The van der Waals surface area contributed by atoms with E-state index in [1.807, 2.05) is 43.3 Å². The first-order valence-electron chi connectivity index (χ1n) is 6.46. The summed E-state index contributed by atoms with van der Waals surface area (Å²) in [5.74, 6) is -1.15. The summed E-state index contributed by atoms with van der Waals surface area (Å²) in [5.41, 5.74) is 3.07. The molecule has 0 radical (unpaired) electrons. The number of aryl methyl sites for hydroxylation is 1. The highest BCUT2D eigenvalue weighted by atomic mass is 79.9. The summed E-state index contributed by atoms with van der Waals surface area (Å²) < 4.78 is 30.0. The SMILES string of the molecule is Cc1ccc(-c2ccc(Br)cc2)n1-c1ccc(F)cc1F. The van der Waals surface area contributed by atoms with Gasteiger partial charge < -0.3 is 4.57 Å². The van der Waals surface area contributed by atoms with E-state index in [0.29, 0.717) is 5.69 Å². The Morgan fingerprint density at radius 2 is 1.62 bits per heavy atom. The second kappa shape index (κ2) is 5.45. The third-order valence-corrected chi connectivity index (χ3v) is 3.90. The molecule has 106 valence electrons. The first-order chi connectivity index (χ1) is 10.1. The number of benzene rings is 2. The normalized spacial score (nSPS) is 10.9. The van der Waals surface area contributed by atoms with Crippen molar-refractivity contribution in [1.29, 1.82) is 0 Å². The lowest BCUT2D eigenvalue weighted by Crippen LogP contribution is -2.02. The van der Waals surface area contributed by atoms with Crippen molar-refractivity contribution in [3.05, 3.63) is 76.4 Å². The Labute approximate surface area is 130 Å². The summed E-state index contributed by atoms with van der Waals surface area (Å²) in [4.78, 5) is 0. The van der Waals surface area contributed by atoms with Gasteiger partial charge in [0.25, 0.3) is 0 Å². The Kier molecular flexibility index (Phi) is 3.64. The summed E-state index contributed by atoms with van der Waals surface area (Å²) in [6, 6.07) is 15.3. The minimum absolute atomic E-state index is 0.344. The fraction of sp³-hybridized carbons (Fsp3) is 0.0588. The first kappa shape index (κ1) is 14.0. The van der Waals surface area contributed by atoms with Crippen molar-refractivity contribution in [1.82, 2.24) is 4.57 Å². The molecule has 1 aromatic heterocycles. The van der Waals surface area contributed by atoms with Crippen LogP contribution in [0, 0.1) is 18.6 Å². The zero-order valence-electron chi connectivity index (χ0n) is 11.3. The number of halogens is 3. The van der Waals surface area contributed by atoms with Crippen LogP contribution in [0.2, 0.25) is 0 Å². The van der Waals surface area contributed by atoms with Gasteiger partial charge in [0.2, 0.25) is 0 Å². The van der Waals surface area contributed by atoms with Crippen LogP contribution in [-0.4, -0.2) is 4.57 Å². The number of aromatic nitrogens is 1. The van der Waals surface area contributed by atoms with Gasteiger partial charge in [-0.25, -0.2) is 8.78 Å².